The lowest BCUT2D eigenvalue weighted by molar-refractivity contribution is 0.0793. The second-order valence-electron chi connectivity index (χ2n) is 8.79. The number of halogens is 2. The predicted octanol–water partition coefficient (Wildman–Crippen LogP) is 7.27. The molecule has 0 saturated carbocycles. The molecule has 4 rings (SSSR count). The van der Waals surface area contributed by atoms with Crippen molar-refractivity contribution in [3.8, 4) is 0 Å². The zero-order chi connectivity index (χ0) is 25.5. The molecule has 2 aromatic carbocycles. The van der Waals surface area contributed by atoms with Crippen molar-refractivity contribution in [1.29, 1.82) is 0 Å². The SMILES string of the molecule is CCCCN(Cc1ccco1)c1ccc(NC(=O)Nc2ccc(Cl)c(Cl)c2)cc1C(=O)N1CCCC1. The quantitative estimate of drug-likeness (QED) is 0.306. The van der Waals surface area contributed by atoms with Crippen molar-refractivity contribution in [3.63, 3.8) is 0 Å². The Morgan fingerprint density at radius 1 is 1.00 bits per heavy atom. The molecule has 7 nitrogen and oxygen atoms in total. The number of hydrogen-bond donors (Lipinski definition) is 2. The molecule has 0 radical (unpaired) electrons. The van der Waals surface area contributed by atoms with E-state index < -0.39 is 6.03 Å². The summed E-state index contributed by atoms with van der Waals surface area (Å²) >= 11 is 12.0. The van der Waals surface area contributed by atoms with Gasteiger partial charge >= 0.3 is 6.03 Å². The molecule has 2 heterocycles. The number of benzene rings is 2. The van der Waals surface area contributed by atoms with Crippen molar-refractivity contribution in [2.24, 2.45) is 0 Å². The third-order valence-corrected chi connectivity index (χ3v) is 6.84. The number of anilines is 3. The van der Waals surface area contributed by atoms with Crippen LogP contribution in [-0.2, 0) is 6.54 Å². The third-order valence-electron chi connectivity index (χ3n) is 6.10. The van der Waals surface area contributed by atoms with E-state index in [1.807, 2.05) is 29.2 Å². The lowest BCUT2D eigenvalue weighted by atomic mass is 10.1. The van der Waals surface area contributed by atoms with Gasteiger partial charge in [-0.1, -0.05) is 36.5 Å². The van der Waals surface area contributed by atoms with Crippen LogP contribution in [0.1, 0.15) is 48.7 Å². The topological polar surface area (TPSA) is 77.8 Å². The molecule has 3 aromatic rings. The molecular weight excluding hydrogens is 499 g/mol. The summed E-state index contributed by atoms with van der Waals surface area (Å²) in [6.07, 6.45) is 5.65. The van der Waals surface area contributed by atoms with Crippen LogP contribution in [0.4, 0.5) is 21.9 Å². The van der Waals surface area contributed by atoms with E-state index in [-0.39, 0.29) is 5.91 Å². The molecule has 0 aliphatic carbocycles. The summed E-state index contributed by atoms with van der Waals surface area (Å²) in [7, 11) is 0. The molecule has 0 unspecified atom stereocenters. The number of likely N-dealkylation sites (tertiary alicyclic amines) is 1. The highest BCUT2D eigenvalue weighted by atomic mass is 35.5. The molecule has 0 bridgehead atoms. The van der Waals surface area contributed by atoms with Gasteiger partial charge in [-0.3, -0.25) is 4.79 Å². The molecule has 190 valence electrons. The number of hydrogen-bond acceptors (Lipinski definition) is 4. The Kier molecular flexibility index (Phi) is 8.78. The zero-order valence-corrected chi connectivity index (χ0v) is 21.7. The predicted molar refractivity (Wildman–Crippen MR) is 145 cm³/mol. The highest BCUT2D eigenvalue weighted by Crippen LogP contribution is 2.30. The monoisotopic (exact) mass is 528 g/mol. The van der Waals surface area contributed by atoms with E-state index in [0.717, 1.165) is 56.8 Å². The van der Waals surface area contributed by atoms with Crippen LogP contribution in [0, 0.1) is 0 Å². The molecular formula is C27H30Cl2N4O3. The van der Waals surface area contributed by atoms with Crippen LogP contribution in [0.25, 0.3) is 0 Å². The Morgan fingerprint density at radius 3 is 2.39 bits per heavy atom. The Labute approximate surface area is 221 Å². The number of nitrogens with zero attached hydrogens (tertiary/aromatic N) is 2. The molecule has 36 heavy (non-hydrogen) atoms. The van der Waals surface area contributed by atoms with E-state index in [0.29, 0.717) is 33.5 Å². The van der Waals surface area contributed by atoms with E-state index in [4.69, 9.17) is 27.6 Å². The van der Waals surface area contributed by atoms with Gasteiger partial charge in [-0.2, -0.15) is 0 Å². The summed E-state index contributed by atoms with van der Waals surface area (Å²) in [4.78, 5) is 30.3. The van der Waals surface area contributed by atoms with Crippen molar-refractivity contribution in [2.75, 3.05) is 35.2 Å². The second-order valence-corrected chi connectivity index (χ2v) is 9.61. The lowest BCUT2D eigenvalue weighted by Gasteiger charge is -2.28. The first-order valence-electron chi connectivity index (χ1n) is 12.2. The maximum atomic E-state index is 13.6. The van der Waals surface area contributed by atoms with E-state index in [2.05, 4.69) is 22.5 Å². The largest absolute Gasteiger partial charge is 0.467 e. The maximum absolute atomic E-state index is 13.6. The van der Waals surface area contributed by atoms with Crippen LogP contribution in [0.2, 0.25) is 10.0 Å². The number of furan rings is 1. The van der Waals surface area contributed by atoms with Crippen LogP contribution in [0.3, 0.4) is 0 Å². The van der Waals surface area contributed by atoms with Crippen molar-refractivity contribution in [1.82, 2.24) is 4.90 Å². The maximum Gasteiger partial charge on any atom is 0.323 e. The number of urea groups is 1. The second kappa shape index (κ2) is 12.2. The standard InChI is InChI=1S/C27H30Cl2N4O3/c1-2-3-12-33(18-21-7-6-15-36-21)25-11-9-19(16-22(25)26(34)32-13-4-5-14-32)30-27(35)31-20-8-10-23(28)24(29)17-20/h6-11,15-17H,2-5,12-14,18H2,1H3,(H2,30,31,35). The van der Waals surface area contributed by atoms with Crippen LogP contribution >= 0.6 is 23.2 Å². The average Bonchev–Trinajstić information content (AvgIpc) is 3.58. The number of nitrogens with one attached hydrogen (secondary N) is 2. The Hall–Kier alpha value is -3.16. The minimum absolute atomic E-state index is 0.0306. The number of rotatable bonds is 9. The van der Waals surface area contributed by atoms with Crippen molar-refractivity contribution < 1.29 is 14.0 Å². The van der Waals surface area contributed by atoms with Gasteiger partial charge in [0, 0.05) is 31.0 Å². The first kappa shape index (κ1) is 25.9. The van der Waals surface area contributed by atoms with Gasteiger partial charge in [-0.25, -0.2) is 4.79 Å². The summed E-state index contributed by atoms with van der Waals surface area (Å²) in [6, 6.07) is 13.7. The number of amides is 3. The summed E-state index contributed by atoms with van der Waals surface area (Å²) < 4.78 is 5.59. The third kappa shape index (κ3) is 6.53. The van der Waals surface area contributed by atoms with E-state index in [1.165, 1.54) is 0 Å². The molecule has 3 amide bonds. The van der Waals surface area contributed by atoms with E-state index in [1.54, 1.807) is 30.5 Å². The number of carbonyl (C=O) groups excluding carboxylic acids is 2. The zero-order valence-electron chi connectivity index (χ0n) is 20.2. The van der Waals surface area contributed by atoms with Gasteiger partial charge in [0.1, 0.15) is 5.76 Å². The molecule has 1 aliphatic heterocycles. The van der Waals surface area contributed by atoms with Gasteiger partial charge in [-0.15, -0.1) is 0 Å². The fourth-order valence-corrected chi connectivity index (χ4v) is 4.54. The molecule has 1 aliphatic rings. The van der Waals surface area contributed by atoms with Crippen LogP contribution < -0.4 is 15.5 Å². The Morgan fingerprint density at radius 2 is 1.72 bits per heavy atom. The van der Waals surface area contributed by atoms with Gasteiger partial charge in [0.05, 0.1) is 34.1 Å². The van der Waals surface area contributed by atoms with Crippen LogP contribution in [0.15, 0.2) is 59.2 Å². The molecule has 0 atom stereocenters. The van der Waals surface area contributed by atoms with E-state index in [9.17, 15) is 9.59 Å². The molecule has 2 N–H and O–H groups in total. The average molecular weight is 529 g/mol. The molecule has 9 heteroatoms. The highest BCUT2D eigenvalue weighted by Gasteiger charge is 2.25. The minimum Gasteiger partial charge on any atom is -0.467 e. The Bertz CT molecular complexity index is 1190. The number of unbranched alkanes of at least 4 members (excludes halogenated alkanes) is 1. The normalized spacial score (nSPS) is 13.0. The minimum atomic E-state index is -0.445. The Balaban J connectivity index is 1.60. The van der Waals surface area contributed by atoms with Gasteiger partial charge in [0.25, 0.3) is 5.91 Å². The van der Waals surface area contributed by atoms with Crippen molar-refractivity contribution in [2.45, 2.75) is 39.2 Å². The molecule has 0 spiro atoms. The molecule has 1 aromatic heterocycles. The van der Waals surface area contributed by atoms with Crippen molar-refractivity contribution in [3.05, 3.63) is 76.2 Å². The van der Waals surface area contributed by atoms with Gasteiger partial charge in [0.2, 0.25) is 0 Å². The van der Waals surface area contributed by atoms with Crippen molar-refractivity contribution >= 4 is 52.2 Å². The van der Waals surface area contributed by atoms with Gasteiger partial charge in [-0.05, 0) is 67.8 Å². The van der Waals surface area contributed by atoms with Gasteiger partial charge in [0.15, 0.2) is 0 Å². The highest BCUT2D eigenvalue weighted by molar-refractivity contribution is 6.42. The van der Waals surface area contributed by atoms with Crippen LogP contribution in [-0.4, -0.2) is 36.5 Å². The smallest absolute Gasteiger partial charge is 0.323 e. The first-order valence-corrected chi connectivity index (χ1v) is 12.9. The summed E-state index contributed by atoms with van der Waals surface area (Å²) in [5.74, 6) is 0.797. The van der Waals surface area contributed by atoms with Gasteiger partial charge < -0.3 is 24.9 Å². The lowest BCUT2D eigenvalue weighted by Crippen LogP contribution is -2.31. The molecule has 1 fully saturated rings. The fourth-order valence-electron chi connectivity index (χ4n) is 4.24. The summed E-state index contributed by atoms with van der Waals surface area (Å²) in [5, 5.41) is 6.33. The summed E-state index contributed by atoms with van der Waals surface area (Å²) in [5.41, 5.74) is 2.42. The van der Waals surface area contributed by atoms with E-state index >= 15 is 0 Å². The van der Waals surface area contributed by atoms with Crippen LogP contribution in [0.5, 0.6) is 0 Å². The number of carbonyl (C=O) groups is 2. The molecule has 1 saturated heterocycles. The summed E-state index contributed by atoms with van der Waals surface area (Å²) in [6.45, 7) is 4.95. The first-order chi connectivity index (χ1) is 17.4. The fraction of sp³-hybridized carbons (Fsp3) is 0.333.